The summed E-state index contributed by atoms with van der Waals surface area (Å²) in [6.07, 6.45) is 0.665. The van der Waals surface area contributed by atoms with Gasteiger partial charge in [0.1, 0.15) is 0 Å². The SMILES string of the molecule is COC(=O)c1ccc(C2C(c3ccccc3)=C(O)C(=O)N2CCc2ccccc2)cc1. The normalized spacial score (nSPS) is 16.0. The maximum atomic E-state index is 13.1. The van der Waals surface area contributed by atoms with Crippen molar-refractivity contribution in [3.63, 3.8) is 0 Å². The second-order valence-electron chi connectivity index (χ2n) is 7.38. The Bertz CT molecular complexity index is 1110. The summed E-state index contributed by atoms with van der Waals surface area (Å²) in [6.45, 7) is 0.451. The molecule has 1 heterocycles. The number of rotatable bonds is 6. The summed E-state index contributed by atoms with van der Waals surface area (Å²) in [4.78, 5) is 26.6. The number of nitrogens with zero attached hydrogens (tertiary/aromatic N) is 1. The van der Waals surface area contributed by atoms with Gasteiger partial charge in [0.25, 0.3) is 5.91 Å². The van der Waals surface area contributed by atoms with Gasteiger partial charge in [0.15, 0.2) is 5.76 Å². The second kappa shape index (κ2) is 8.88. The smallest absolute Gasteiger partial charge is 0.337 e. The van der Waals surface area contributed by atoms with Crippen molar-refractivity contribution in [1.82, 2.24) is 4.90 Å². The molecule has 1 unspecified atom stereocenters. The molecule has 3 aromatic carbocycles. The molecule has 5 heteroatoms. The molecule has 0 bridgehead atoms. The molecular weight excluding hydrogens is 390 g/mol. The molecule has 1 amide bonds. The third-order valence-corrected chi connectivity index (χ3v) is 5.52. The molecule has 1 aliphatic rings. The number of ether oxygens (including phenoxy) is 1. The maximum Gasteiger partial charge on any atom is 0.337 e. The van der Waals surface area contributed by atoms with Crippen LogP contribution in [0.15, 0.2) is 90.7 Å². The quantitative estimate of drug-likeness (QED) is 0.601. The Hall–Kier alpha value is -3.86. The fraction of sp³-hybridized carbons (Fsp3) is 0.154. The molecule has 0 saturated heterocycles. The minimum atomic E-state index is -0.453. The van der Waals surface area contributed by atoms with Crippen LogP contribution >= 0.6 is 0 Å². The molecule has 1 N–H and O–H groups in total. The minimum Gasteiger partial charge on any atom is -0.503 e. The lowest BCUT2D eigenvalue weighted by Gasteiger charge is -2.27. The van der Waals surface area contributed by atoms with Crippen LogP contribution in [0, 0.1) is 0 Å². The van der Waals surface area contributed by atoms with E-state index in [0.717, 1.165) is 16.7 Å². The predicted molar refractivity (Wildman–Crippen MR) is 118 cm³/mol. The summed E-state index contributed by atoms with van der Waals surface area (Å²) < 4.78 is 4.78. The molecule has 0 radical (unpaired) electrons. The van der Waals surface area contributed by atoms with Crippen LogP contribution in [-0.2, 0) is 16.0 Å². The van der Waals surface area contributed by atoms with E-state index in [1.165, 1.54) is 7.11 Å². The summed E-state index contributed by atoms with van der Waals surface area (Å²) >= 11 is 0. The van der Waals surface area contributed by atoms with E-state index in [-0.39, 0.29) is 5.76 Å². The lowest BCUT2D eigenvalue weighted by molar-refractivity contribution is -0.129. The number of carbonyl (C=O) groups is 2. The van der Waals surface area contributed by atoms with Crippen LogP contribution < -0.4 is 0 Å². The van der Waals surface area contributed by atoms with E-state index in [2.05, 4.69) is 0 Å². The number of hydrogen-bond donors (Lipinski definition) is 1. The van der Waals surface area contributed by atoms with Gasteiger partial charge in [0.2, 0.25) is 0 Å². The molecule has 0 spiro atoms. The van der Waals surface area contributed by atoms with Gasteiger partial charge in [0, 0.05) is 12.1 Å². The zero-order chi connectivity index (χ0) is 21.8. The fourth-order valence-corrected chi connectivity index (χ4v) is 3.96. The van der Waals surface area contributed by atoms with Gasteiger partial charge >= 0.3 is 5.97 Å². The highest BCUT2D eigenvalue weighted by Crippen LogP contribution is 2.43. The van der Waals surface area contributed by atoms with Crippen LogP contribution in [0.1, 0.15) is 33.1 Å². The third kappa shape index (κ3) is 4.08. The molecule has 3 aromatic rings. The summed E-state index contributed by atoms with van der Waals surface area (Å²) in [5.74, 6) is -1.05. The number of aliphatic hydroxyl groups excluding tert-OH is 1. The minimum absolute atomic E-state index is 0.235. The van der Waals surface area contributed by atoms with E-state index >= 15 is 0 Å². The Morgan fingerprint density at radius 2 is 1.55 bits per heavy atom. The first-order valence-corrected chi connectivity index (χ1v) is 10.1. The Balaban J connectivity index is 1.72. The van der Waals surface area contributed by atoms with Gasteiger partial charge in [-0.1, -0.05) is 72.8 Å². The van der Waals surface area contributed by atoms with Crippen LogP contribution in [-0.4, -0.2) is 35.5 Å². The van der Waals surface area contributed by atoms with Crippen LogP contribution in [0.25, 0.3) is 5.57 Å². The molecule has 0 fully saturated rings. The van der Waals surface area contributed by atoms with Crippen LogP contribution in [0.4, 0.5) is 0 Å². The second-order valence-corrected chi connectivity index (χ2v) is 7.38. The summed E-state index contributed by atoms with van der Waals surface area (Å²) in [7, 11) is 1.34. The Kier molecular flexibility index (Phi) is 5.85. The summed E-state index contributed by atoms with van der Waals surface area (Å²) in [6, 6.07) is 25.9. The number of hydrogen-bond acceptors (Lipinski definition) is 4. The molecule has 31 heavy (non-hydrogen) atoms. The van der Waals surface area contributed by atoms with Gasteiger partial charge < -0.3 is 14.7 Å². The first kappa shape index (κ1) is 20.4. The lowest BCUT2D eigenvalue weighted by Crippen LogP contribution is -2.32. The first-order valence-electron chi connectivity index (χ1n) is 10.1. The molecule has 1 atom stereocenters. The molecule has 0 saturated carbocycles. The highest BCUT2D eigenvalue weighted by molar-refractivity contribution is 6.05. The highest BCUT2D eigenvalue weighted by atomic mass is 16.5. The van der Waals surface area contributed by atoms with Crippen molar-refractivity contribution in [1.29, 1.82) is 0 Å². The third-order valence-electron chi connectivity index (χ3n) is 5.52. The number of benzene rings is 3. The standard InChI is InChI=1S/C26H23NO4/c1-31-26(30)21-14-12-20(13-15-21)23-22(19-10-6-3-7-11-19)24(28)25(29)27(23)17-16-18-8-4-2-5-9-18/h2-15,23,28H,16-17H2,1H3. The Morgan fingerprint density at radius 3 is 2.16 bits per heavy atom. The fourth-order valence-electron chi connectivity index (χ4n) is 3.96. The molecular formula is C26H23NO4. The zero-order valence-electron chi connectivity index (χ0n) is 17.2. The van der Waals surface area contributed by atoms with Gasteiger partial charge in [-0.05, 0) is 35.2 Å². The average Bonchev–Trinajstić information content (AvgIpc) is 3.08. The average molecular weight is 413 g/mol. The van der Waals surface area contributed by atoms with E-state index < -0.39 is 17.9 Å². The number of methoxy groups -OCH3 is 1. The van der Waals surface area contributed by atoms with Crippen molar-refractivity contribution < 1.29 is 19.4 Å². The van der Waals surface area contributed by atoms with Crippen molar-refractivity contribution in [3.8, 4) is 0 Å². The molecule has 4 rings (SSSR count). The highest BCUT2D eigenvalue weighted by Gasteiger charge is 2.40. The van der Waals surface area contributed by atoms with Crippen LogP contribution in [0.5, 0.6) is 0 Å². The van der Waals surface area contributed by atoms with Crippen molar-refractivity contribution in [3.05, 3.63) is 113 Å². The van der Waals surface area contributed by atoms with Gasteiger partial charge in [-0.3, -0.25) is 4.79 Å². The van der Waals surface area contributed by atoms with Crippen molar-refractivity contribution in [2.45, 2.75) is 12.5 Å². The van der Waals surface area contributed by atoms with Crippen molar-refractivity contribution >= 4 is 17.4 Å². The number of aliphatic hydroxyl groups is 1. The predicted octanol–water partition coefficient (Wildman–Crippen LogP) is 4.57. The van der Waals surface area contributed by atoms with Gasteiger partial charge in [-0.2, -0.15) is 0 Å². The van der Waals surface area contributed by atoms with E-state index in [1.54, 1.807) is 29.2 Å². The summed E-state index contributed by atoms with van der Waals surface area (Å²) in [5, 5.41) is 10.8. The zero-order valence-corrected chi connectivity index (χ0v) is 17.2. The van der Waals surface area contributed by atoms with E-state index in [4.69, 9.17) is 4.74 Å². The maximum absolute atomic E-state index is 13.1. The molecule has 5 nitrogen and oxygen atoms in total. The Morgan fingerprint density at radius 1 is 0.935 bits per heavy atom. The lowest BCUT2D eigenvalue weighted by atomic mass is 9.93. The topological polar surface area (TPSA) is 66.8 Å². The first-order chi connectivity index (χ1) is 15.1. The van der Waals surface area contributed by atoms with Gasteiger partial charge in [-0.15, -0.1) is 0 Å². The Labute approximate surface area is 181 Å². The van der Waals surface area contributed by atoms with E-state index in [0.29, 0.717) is 24.1 Å². The van der Waals surface area contributed by atoms with Crippen molar-refractivity contribution in [2.75, 3.05) is 13.7 Å². The largest absolute Gasteiger partial charge is 0.503 e. The monoisotopic (exact) mass is 413 g/mol. The molecule has 156 valence electrons. The van der Waals surface area contributed by atoms with Gasteiger partial charge in [-0.25, -0.2) is 4.79 Å². The number of esters is 1. The summed E-state index contributed by atoms with van der Waals surface area (Å²) in [5.41, 5.74) is 3.72. The van der Waals surface area contributed by atoms with Crippen LogP contribution in [0.2, 0.25) is 0 Å². The molecule has 0 aliphatic carbocycles. The van der Waals surface area contributed by atoms with E-state index in [9.17, 15) is 14.7 Å². The number of carbonyl (C=O) groups excluding carboxylic acids is 2. The molecule has 1 aliphatic heterocycles. The van der Waals surface area contributed by atoms with Crippen molar-refractivity contribution in [2.24, 2.45) is 0 Å². The van der Waals surface area contributed by atoms with Crippen LogP contribution in [0.3, 0.4) is 0 Å². The van der Waals surface area contributed by atoms with Gasteiger partial charge in [0.05, 0.1) is 18.7 Å². The van der Waals surface area contributed by atoms with E-state index in [1.807, 2.05) is 60.7 Å². The number of amides is 1. The molecule has 0 aromatic heterocycles.